The van der Waals surface area contributed by atoms with Crippen LogP contribution in [0, 0.1) is 0 Å². The molecule has 26 heavy (non-hydrogen) atoms. The molecular weight excluding hydrogens is 324 g/mol. The Balaban J connectivity index is 2.07. The van der Waals surface area contributed by atoms with E-state index in [1.54, 1.807) is 12.1 Å². The average molecular weight is 353 g/mol. The Hall–Kier alpha value is -2.33. The van der Waals surface area contributed by atoms with Crippen LogP contribution in [-0.4, -0.2) is 33.0 Å². The van der Waals surface area contributed by atoms with Crippen LogP contribution in [0.2, 0.25) is 0 Å². The van der Waals surface area contributed by atoms with E-state index in [1.165, 1.54) is 6.07 Å². The van der Waals surface area contributed by atoms with Crippen LogP contribution in [0.15, 0.2) is 53.5 Å². The molecule has 3 rings (SSSR count). The molecule has 0 bridgehead atoms. The standard InChI is InChI=1S/C22H28N2O2/c1-21(2)13-16(14-22(3,4)24-21)23-20(15-8-6-5-7-9-15)18-11-10-17(25)12-19(18)26/h5-12,16,24-26H,13-14H2,1-4H3/p+1. The van der Waals surface area contributed by atoms with Crippen LogP contribution in [0.3, 0.4) is 0 Å². The Morgan fingerprint density at radius 2 is 1.58 bits per heavy atom. The monoisotopic (exact) mass is 353 g/mol. The molecule has 0 unspecified atom stereocenters. The predicted molar refractivity (Wildman–Crippen MR) is 105 cm³/mol. The summed E-state index contributed by atoms with van der Waals surface area (Å²) in [6.07, 6.45) is 1.96. The molecule has 0 aromatic heterocycles. The van der Waals surface area contributed by atoms with Gasteiger partial charge in [0, 0.05) is 30.0 Å². The first-order chi connectivity index (χ1) is 12.2. The molecule has 0 amide bonds. The number of piperidine rings is 1. The Bertz CT molecular complexity index is 794. The fourth-order valence-electron chi connectivity index (χ4n) is 4.35. The van der Waals surface area contributed by atoms with E-state index < -0.39 is 0 Å². The van der Waals surface area contributed by atoms with Gasteiger partial charge in [0.15, 0.2) is 0 Å². The number of aromatic hydroxyl groups is 2. The molecule has 1 fully saturated rings. The van der Waals surface area contributed by atoms with E-state index in [2.05, 4.69) is 33.0 Å². The summed E-state index contributed by atoms with van der Waals surface area (Å²) in [5, 5.41) is 22.5. The predicted octanol–water partition coefficient (Wildman–Crippen LogP) is 3.22. The van der Waals surface area contributed by atoms with Gasteiger partial charge >= 0.3 is 0 Å². The second kappa shape index (κ2) is 6.76. The second-order valence-corrected chi connectivity index (χ2v) is 8.73. The molecule has 0 radical (unpaired) electrons. The van der Waals surface area contributed by atoms with Crippen molar-refractivity contribution < 1.29 is 15.5 Å². The quantitative estimate of drug-likeness (QED) is 0.742. The van der Waals surface area contributed by atoms with Crippen LogP contribution in [0.4, 0.5) is 0 Å². The lowest BCUT2D eigenvalue weighted by Crippen LogP contribution is -3.05. The molecule has 1 saturated heterocycles. The van der Waals surface area contributed by atoms with Crippen LogP contribution in [-0.2, 0) is 0 Å². The van der Waals surface area contributed by atoms with E-state index in [0.717, 1.165) is 24.1 Å². The number of quaternary nitrogens is 1. The topological polar surface area (TPSA) is 69.4 Å². The highest BCUT2D eigenvalue weighted by Gasteiger charge is 2.41. The molecule has 2 aromatic rings. The summed E-state index contributed by atoms with van der Waals surface area (Å²) >= 11 is 0. The number of benzene rings is 2. The first kappa shape index (κ1) is 18.5. The van der Waals surface area contributed by atoms with Gasteiger partial charge in [-0.3, -0.25) is 4.99 Å². The zero-order chi connectivity index (χ0) is 18.9. The Labute approximate surface area is 155 Å². The van der Waals surface area contributed by atoms with Gasteiger partial charge in [-0.2, -0.15) is 0 Å². The fourth-order valence-corrected chi connectivity index (χ4v) is 4.35. The number of hydrogen-bond acceptors (Lipinski definition) is 3. The van der Waals surface area contributed by atoms with Gasteiger partial charge in [0.25, 0.3) is 0 Å². The van der Waals surface area contributed by atoms with Gasteiger partial charge in [-0.15, -0.1) is 0 Å². The molecule has 138 valence electrons. The lowest BCUT2D eigenvalue weighted by Gasteiger charge is -2.41. The molecule has 1 aliphatic rings. The number of phenols is 2. The van der Waals surface area contributed by atoms with Crippen LogP contribution < -0.4 is 5.32 Å². The van der Waals surface area contributed by atoms with Gasteiger partial charge in [-0.05, 0) is 39.8 Å². The van der Waals surface area contributed by atoms with Gasteiger partial charge in [0.1, 0.15) is 11.5 Å². The van der Waals surface area contributed by atoms with Gasteiger partial charge < -0.3 is 15.5 Å². The fraction of sp³-hybridized carbons (Fsp3) is 0.409. The molecule has 1 aliphatic heterocycles. The van der Waals surface area contributed by atoms with E-state index >= 15 is 0 Å². The third kappa shape index (κ3) is 4.25. The minimum absolute atomic E-state index is 0.0493. The number of nitrogens with two attached hydrogens (primary N) is 1. The van der Waals surface area contributed by atoms with E-state index in [-0.39, 0.29) is 28.6 Å². The molecule has 4 heteroatoms. The maximum Gasteiger partial charge on any atom is 0.128 e. The molecule has 4 nitrogen and oxygen atoms in total. The first-order valence-corrected chi connectivity index (χ1v) is 9.18. The van der Waals surface area contributed by atoms with E-state index in [1.807, 2.05) is 30.3 Å². The summed E-state index contributed by atoms with van der Waals surface area (Å²) in [5.41, 5.74) is 2.64. The number of phenolic OH excluding ortho intramolecular Hbond substituents is 2. The minimum atomic E-state index is 0.0493. The number of rotatable bonds is 3. The third-order valence-corrected chi connectivity index (χ3v) is 4.90. The van der Waals surface area contributed by atoms with E-state index in [4.69, 9.17) is 4.99 Å². The molecule has 0 spiro atoms. The van der Waals surface area contributed by atoms with Crippen molar-refractivity contribution in [3.63, 3.8) is 0 Å². The molecule has 0 atom stereocenters. The molecule has 0 saturated carbocycles. The van der Waals surface area contributed by atoms with Gasteiger partial charge in [-0.1, -0.05) is 30.3 Å². The number of hydrogen-bond donors (Lipinski definition) is 3. The van der Waals surface area contributed by atoms with Crippen molar-refractivity contribution in [2.24, 2.45) is 4.99 Å². The smallest absolute Gasteiger partial charge is 0.128 e. The third-order valence-electron chi connectivity index (χ3n) is 4.90. The Morgan fingerprint density at radius 1 is 0.962 bits per heavy atom. The van der Waals surface area contributed by atoms with Gasteiger partial charge in [0.05, 0.1) is 22.8 Å². The van der Waals surface area contributed by atoms with Crippen molar-refractivity contribution in [2.75, 3.05) is 0 Å². The zero-order valence-corrected chi connectivity index (χ0v) is 16.0. The van der Waals surface area contributed by atoms with Crippen molar-refractivity contribution in [3.8, 4) is 11.5 Å². The zero-order valence-electron chi connectivity index (χ0n) is 16.0. The Morgan fingerprint density at radius 3 is 2.15 bits per heavy atom. The lowest BCUT2D eigenvalue weighted by atomic mass is 9.79. The maximum atomic E-state index is 10.4. The second-order valence-electron chi connectivity index (χ2n) is 8.73. The lowest BCUT2D eigenvalue weighted by molar-refractivity contribution is -0.787. The van der Waals surface area contributed by atoms with Crippen molar-refractivity contribution in [1.82, 2.24) is 0 Å². The SMILES string of the molecule is CC1(C)CC(N=C(c2ccccc2)c2ccc(O)cc2O)CC(C)(C)[NH2+]1. The highest BCUT2D eigenvalue weighted by atomic mass is 16.3. The summed E-state index contributed by atoms with van der Waals surface area (Å²) in [6, 6.07) is 14.8. The van der Waals surface area contributed by atoms with Crippen LogP contribution in [0.1, 0.15) is 51.7 Å². The summed E-state index contributed by atoms with van der Waals surface area (Å²) in [5.74, 6) is 0.0988. The minimum Gasteiger partial charge on any atom is -0.508 e. The maximum absolute atomic E-state index is 10.4. The summed E-state index contributed by atoms with van der Waals surface area (Å²) < 4.78 is 0. The Kier molecular flexibility index (Phi) is 4.80. The van der Waals surface area contributed by atoms with E-state index in [0.29, 0.717) is 5.56 Å². The molecule has 0 aliphatic carbocycles. The normalized spacial score (nSPS) is 20.1. The number of aliphatic imine (C=N–C) groups is 1. The van der Waals surface area contributed by atoms with Crippen LogP contribution in [0.25, 0.3) is 0 Å². The number of nitrogens with zero attached hydrogens (tertiary/aromatic N) is 1. The van der Waals surface area contributed by atoms with Gasteiger partial charge in [0.2, 0.25) is 0 Å². The van der Waals surface area contributed by atoms with Crippen molar-refractivity contribution in [3.05, 3.63) is 59.7 Å². The molecular formula is C22H29N2O2+. The average Bonchev–Trinajstić information content (AvgIpc) is 2.51. The van der Waals surface area contributed by atoms with Gasteiger partial charge in [-0.25, -0.2) is 0 Å². The summed E-state index contributed by atoms with van der Waals surface area (Å²) in [7, 11) is 0. The molecule has 4 N–H and O–H groups in total. The van der Waals surface area contributed by atoms with Crippen LogP contribution >= 0.6 is 0 Å². The van der Waals surface area contributed by atoms with Crippen molar-refractivity contribution in [2.45, 2.75) is 57.7 Å². The highest BCUT2D eigenvalue weighted by Crippen LogP contribution is 2.29. The first-order valence-electron chi connectivity index (χ1n) is 9.18. The molecule has 2 aromatic carbocycles. The summed E-state index contributed by atoms with van der Waals surface area (Å²) in [6.45, 7) is 9.04. The largest absolute Gasteiger partial charge is 0.508 e. The van der Waals surface area contributed by atoms with Crippen molar-refractivity contribution >= 4 is 5.71 Å². The summed E-state index contributed by atoms with van der Waals surface area (Å²) in [4.78, 5) is 5.11. The molecule has 1 heterocycles. The highest BCUT2D eigenvalue weighted by molar-refractivity contribution is 6.14. The van der Waals surface area contributed by atoms with E-state index in [9.17, 15) is 10.2 Å². The van der Waals surface area contributed by atoms with Crippen LogP contribution in [0.5, 0.6) is 11.5 Å². The van der Waals surface area contributed by atoms with Crippen molar-refractivity contribution in [1.29, 1.82) is 0 Å².